The molecule has 0 aliphatic heterocycles. The first-order valence-corrected chi connectivity index (χ1v) is 8.77. The largest absolute Gasteiger partial charge is 0.497 e. The van der Waals surface area contributed by atoms with Crippen molar-refractivity contribution in [3.63, 3.8) is 0 Å². The van der Waals surface area contributed by atoms with Crippen LogP contribution >= 0.6 is 0 Å². The first-order valence-electron chi connectivity index (χ1n) is 8.77. The average Bonchev–Trinajstić information content (AvgIpc) is 3.01. The Labute approximate surface area is 161 Å². The first-order chi connectivity index (χ1) is 13.4. The zero-order valence-electron chi connectivity index (χ0n) is 15.9. The fourth-order valence-electron chi connectivity index (χ4n) is 2.69. The standard InChI is InChI=1S/C19H22N6O3/c1-12-11-17(26)23-18(21-12)25-16(10-13(2)24-25)22-19(27)20-9-8-14-4-6-15(28-3)7-5-14/h4-7,10-11H,8-9H2,1-3H3,(H2,20,22,27)(H,21,23,26). The summed E-state index contributed by atoms with van der Waals surface area (Å²) in [5.74, 6) is 1.45. The SMILES string of the molecule is COc1ccc(CCNC(=O)Nc2cc(C)nn2-c2nc(C)cc(=O)[nH]2)cc1. The molecule has 0 spiro atoms. The Morgan fingerprint density at radius 2 is 1.93 bits per heavy atom. The summed E-state index contributed by atoms with van der Waals surface area (Å²) in [5, 5.41) is 9.84. The molecule has 0 fully saturated rings. The molecule has 0 bridgehead atoms. The Morgan fingerprint density at radius 3 is 2.61 bits per heavy atom. The molecule has 0 saturated heterocycles. The van der Waals surface area contributed by atoms with Crippen LogP contribution in [0.2, 0.25) is 0 Å². The summed E-state index contributed by atoms with van der Waals surface area (Å²) >= 11 is 0. The van der Waals surface area contributed by atoms with Crippen LogP contribution in [-0.2, 0) is 6.42 Å². The van der Waals surface area contributed by atoms with Gasteiger partial charge in [-0.3, -0.25) is 15.1 Å². The number of aromatic nitrogens is 4. The molecule has 0 aliphatic carbocycles. The maximum absolute atomic E-state index is 12.3. The van der Waals surface area contributed by atoms with E-state index in [-0.39, 0.29) is 17.5 Å². The summed E-state index contributed by atoms with van der Waals surface area (Å²) in [6.07, 6.45) is 0.683. The number of ether oxygens (including phenoxy) is 1. The second-order valence-electron chi connectivity index (χ2n) is 6.27. The normalized spacial score (nSPS) is 10.5. The van der Waals surface area contributed by atoms with Gasteiger partial charge in [0.25, 0.3) is 5.56 Å². The zero-order chi connectivity index (χ0) is 20.1. The summed E-state index contributed by atoms with van der Waals surface area (Å²) in [7, 11) is 1.62. The summed E-state index contributed by atoms with van der Waals surface area (Å²) in [4.78, 5) is 30.8. The third kappa shape index (κ3) is 4.76. The Kier molecular flexibility index (Phi) is 5.73. The van der Waals surface area contributed by atoms with E-state index in [0.29, 0.717) is 30.2 Å². The number of anilines is 1. The maximum atomic E-state index is 12.3. The van der Waals surface area contributed by atoms with Crippen LogP contribution in [0, 0.1) is 13.8 Å². The zero-order valence-corrected chi connectivity index (χ0v) is 15.9. The van der Waals surface area contributed by atoms with Crippen LogP contribution in [0.5, 0.6) is 5.75 Å². The van der Waals surface area contributed by atoms with Gasteiger partial charge in [0, 0.05) is 24.4 Å². The van der Waals surface area contributed by atoms with Gasteiger partial charge in [-0.2, -0.15) is 9.78 Å². The number of aromatic amines is 1. The molecule has 9 nitrogen and oxygen atoms in total. The highest BCUT2D eigenvalue weighted by Crippen LogP contribution is 2.14. The Bertz CT molecular complexity index is 1020. The third-order valence-corrected chi connectivity index (χ3v) is 3.99. The Morgan fingerprint density at radius 1 is 1.18 bits per heavy atom. The van der Waals surface area contributed by atoms with E-state index in [4.69, 9.17) is 4.74 Å². The summed E-state index contributed by atoms with van der Waals surface area (Å²) in [6, 6.07) is 10.4. The van der Waals surface area contributed by atoms with Crippen LogP contribution < -0.4 is 20.9 Å². The van der Waals surface area contributed by atoms with Gasteiger partial charge < -0.3 is 10.1 Å². The first kappa shape index (κ1) is 19.2. The van der Waals surface area contributed by atoms with E-state index in [0.717, 1.165) is 11.3 Å². The van der Waals surface area contributed by atoms with Crippen LogP contribution in [-0.4, -0.2) is 39.4 Å². The lowest BCUT2D eigenvalue weighted by Gasteiger charge is -2.10. The number of aryl methyl sites for hydroxylation is 2. The highest BCUT2D eigenvalue weighted by Gasteiger charge is 2.13. The van der Waals surface area contributed by atoms with E-state index < -0.39 is 0 Å². The van der Waals surface area contributed by atoms with Crippen molar-refractivity contribution >= 4 is 11.8 Å². The van der Waals surface area contributed by atoms with E-state index in [9.17, 15) is 9.59 Å². The number of benzene rings is 1. The van der Waals surface area contributed by atoms with Gasteiger partial charge in [-0.25, -0.2) is 9.78 Å². The van der Waals surface area contributed by atoms with Crippen molar-refractivity contribution in [2.75, 3.05) is 19.0 Å². The van der Waals surface area contributed by atoms with Crippen molar-refractivity contribution in [1.29, 1.82) is 0 Å². The molecule has 0 aliphatic rings. The maximum Gasteiger partial charge on any atom is 0.320 e. The number of urea groups is 1. The molecule has 3 aromatic rings. The molecule has 9 heteroatoms. The minimum Gasteiger partial charge on any atom is -0.497 e. The molecule has 0 atom stereocenters. The van der Waals surface area contributed by atoms with E-state index in [1.54, 1.807) is 27.0 Å². The number of H-pyrrole nitrogens is 1. The quantitative estimate of drug-likeness (QED) is 0.603. The van der Waals surface area contributed by atoms with Crippen molar-refractivity contribution in [3.8, 4) is 11.7 Å². The molecule has 3 N–H and O–H groups in total. The van der Waals surface area contributed by atoms with Gasteiger partial charge in [0.2, 0.25) is 5.95 Å². The Hall–Kier alpha value is -3.62. The lowest BCUT2D eigenvalue weighted by atomic mass is 10.1. The number of amides is 2. The smallest absolute Gasteiger partial charge is 0.320 e. The minimum absolute atomic E-state index is 0.242. The van der Waals surface area contributed by atoms with Crippen molar-refractivity contribution in [1.82, 2.24) is 25.1 Å². The monoisotopic (exact) mass is 382 g/mol. The van der Waals surface area contributed by atoms with E-state index >= 15 is 0 Å². The number of rotatable bonds is 6. The highest BCUT2D eigenvalue weighted by atomic mass is 16.5. The predicted octanol–water partition coefficient (Wildman–Crippen LogP) is 1.95. The highest BCUT2D eigenvalue weighted by molar-refractivity contribution is 5.88. The van der Waals surface area contributed by atoms with Gasteiger partial charge in [0.15, 0.2) is 0 Å². The molecular formula is C19H22N6O3. The Balaban J connectivity index is 1.63. The van der Waals surface area contributed by atoms with Crippen molar-refractivity contribution in [2.24, 2.45) is 0 Å². The van der Waals surface area contributed by atoms with Crippen molar-refractivity contribution in [2.45, 2.75) is 20.3 Å². The molecule has 0 saturated carbocycles. The van der Waals surface area contributed by atoms with Gasteiger partial charge in [0.1, 0.15) is 11.6 Å². The van der Waals surface area contributed by atoms with Crippen LogP contribution in [0.15, 0.2) is 41.2 Å². The molecule has 2 heterocycles. The molecule has 0 radical (unpaired) electrons. The van der Waals surface area contributed by atoms with Crippen LogP contribution in [0.4, 0.5) is 10.6 Å². The number of hydrogen-bond acceptors (Lipinski definition) is 5. The number of carbonyl (C=O) groups is 1. The summed E-state index contributed by atoms with van der Waals surface area (Å²) in [6.45, 7) is 3.97. The van der Waals surface area contributed by atoms with Crippen LogP contribution in [0.1, 0.15) is 17.0 Å². The van der Waals surface area contributed by atoms with E-state index in [1.807, 2.05) is 24.3 Å². The fourth-order valence-corrected chi connectivity index (χ4v) is 2.69. The number of carbonyl (C=O) groups excluding carboxylic acids is 1. The van der Waals surface area contributed by atoms with Crippen molar-refractivity contribution in [3.05, 3.63) is 63.7 Å². The molecule has 3 rings (SSSR count). The van der Waals surface area contributed by atoms with Gasteiger partial charge in [-0.1, -0.05) is 12.1 Å². The topological polar surface area (TPSA) is 114 Å². The van der Waals surface area contributed by atoms with E-state index in [2.05, 4.69) is 25.7 Å². The minimum atomic E-state index is -0.371. The molecule has 2 aromatic heterocycles. The molecule has 0 unspecified atom stereocenters. The van der Waals surface area contributed by atoms with E-state index in [1.165, 1.54) is 10.7 Å². The number of methoxy groups -OCH3 is 1. The lowest BCUT2D eigenvalue weighted by molar-refractivity contribution is 0.252. The number of nitrogens with zero attached hydrogens (tertiary/aromatic N) is 3. The molecular weight excluding hydrogens is 360 g/mol. The van der Waals surface area contributed by atoms with Gasteiger partial charge in [-0.05, 0) is 38.0 Å². The second-order valence-corrected chi connectivity index (χ2v) is 6.27. The van der Waals surface area contributed by atoms with Crippen LogP contribution in [0.3, 0.4) is 0 Å². The van der Waals surface area contributed by atoms with Gasteiger partial charge in [0.05, 0.1) is 12.8 Å². The molecule has 1 aromatic carbocycles. The number of hydrogen-bond donors (Lipinski definition) is 3. The van der Waals surface area contributed by atoms with Gasteiger partial charge in [-0.15, -0.1) is 0 Å². The number of nitrogens with one attached hydrogen (secondary N) is 3. The molecule has 146 valence electrons. The van der Waals surface area contributed by atoms with Crippen LogP contribution in [0.25, 0.3) is 5.95 Å². The average molecular weight is 382 g/mol. The fraction of sp³-hybridized carbons (Fsp3) is 0.263. The second kappa shape index (κ2) is 8.38. The third-order valence-electron chi connectivity index (χ3n) is 3.99. The molecule has 2 amide bonds. The predicted molar refractivity (Wildman–Crippen MR) is 105 cm³/mol. The molecule has 28 heavy (non-hydrogen) atoms. The lowest BCUT2D eigenvalue weighted by Crippen LogP contribution is -2.31. The summed E-state index contributed by atoms with van der Waals surface area (Å²) in [5.41, 5.74) is 2.04. The van der Waals surface area contributed by atoms with Crippen molar-refractivity contribution < 1.29 is 9.53 Å². The summed E-state index contributed by atoms with van der Waals surface area (Å²) < 4.78 is 6.52. The van der Waals surface area contributed by atoms with Gasteiger partial charge >= 0.3 is 6.03 Å².